The lowest BCUT2D eigenvalue weighted by molar-refractivity contribution is -0.115. The van der Waals surface area contributed by atoms with Crippen LogP contribution in [0.4, 0.5) is 5.82 Å². The van der Waals surface area contributed by atoms with Crippen molar-refractivity contribution in [1.29, 1.82) is 0 Å². The lowest BCUT2D eigenvalue weighted by Gasteiger charge is -2.11. The van der Waals surface area contributed by atoms with Gasteiger partial charge in [-0.1, -0.05) is 35.0 Å². The molecule has 0 aliphatic rings. The van der Waals surface area contributed by atoms with E-state index in [1.54, 1.807) is 17.8 Å². The summed E-state index contributed by atoms with van der Waals surface area (Å²) in [6.45, 7) is 6.01. The van der Waals surface area contributed by atoms with Crippen molar-refractivity contribution in [1.82, 2.24) is 14.9 Å². The fourth-order valence-electron chi connectivity index (χ4n) is 2.64. The zero-order valence-corrected chi connectivity index (χ0v) is 15.1. The van der Waals surface area contributed by atoms with E-state index in [-0.39, 0.29) is 12.3 Å². The van der Waals surface area contributed by atoms with Crippen LogP contribution < -0.4 is 5.32 Å². The van der Waals surface area contributed by atoms with Crippen LogP contribution in [0.1, 0.15) is 28.1 Å². The summed E-state index contributed by atoms with van der Waals surface area (Å²) in [5.74, 6) is 1.18. The van der Waals surface area contributed by atoms with Crippen LogP contribution in [0.5, 0.6) is 0 Å². The van der Waals surface area contributed by atoms with Gasteiger partial charge in [-0.2, -0.15) is 5.10 Å². The molecule has 25 heavy (non-hydrogen) atoms. The van der Waals surface area contributed by atoms with Crippen molar-refractivity contribution in [2.45, 2.75) is 33.7 Å². The summed E-state index contributed by atoms with van der Waals surface area (Å²) < 4.78 is 6.85. The van der Waals surface area contributed by atoms with Gasteiger partial charge < -0.3 is 9.84 Å². The highest BCUT2D eigenvalue weighted by Crippen LogP contribution is 2.21. The number of anilines is 1. The van der Waals surface area contributed by atoms with Crippen LogP contribution in [0.3, 0.4) is 0 Å². The van der Waals surface area contributed by atoms with E-state index in [1.807, 2.05) is 38.1 Å². The predicted octanol–water partition coefficient (Wildman–Crippen LogP) is 3.68. The van der Waals surface area contributed by atoms with Crippen LogP contribution in [0, 0.1) is 20.8 Å². The van der Waals surface area contributed by atoms with Gasteiger partial charge in [0.1, 0.15) is 11.6 Å². The third-order valence-corrected chi connectivity index (χ3v) is 4.45. The molecule has 3 aromatic rings. The van der Waals surface area contributed by atoms with E-state index in [0.29, 0.717) is 23.1 Å². The first-order chi connectivity index (χ1) is 12.0. The number of aryl methyl sites for hydroxylation is 3. The normalized spacial score (nSPS) is 10.9. The lowest BCUT2D eigenvalue weighted by atomic mass is 10.1. The Labute approximate surface area is 150 Å². The first kappa shape index (κ1) is 17.2. The maximum absolute atomic E-state index is 12.5. The largest absolute Gasteiger partial charge is 0.361 e. The second-order valence-electron chi connectivity index (χ2n) is 5.95. The Morgan fingerprint density at radius 1 is 1.28 bits per heavy atom. The molecular weight excluding hydrogens is 340 g/mol. The number of carbonyl (C=O) groups excluding carboxylic acids is 1. The van der Waals surface area contributed by atoms with Gasteiger partial charge in [0, 0.05) is 16.1 Å². The number of hydrogen-bond donors (Lipinski definition) is 1. The molecule has 0 saturated heterocycles. The maximum atomic E-state index is 12.5. The second kappa shape index (κ2) is 7.11. The highest BCUT2D eigenvalue weighted by molar-refractivity contribution is 6.31. The van der Waals surface area contributed by atoms with Crippen LogP contribution in [0.25, 0.3) is 0 Å². The minimum absolute atomic E-state index is 0.140. The number of aromatic nitrogens is 3. The topological polar surface area (TPSA) is 73.0 Å². The number of nitrogens with one attached hydrogen (secondary N) is 1. The van der Waals surface area contributed by atoms with Gasteiger partial charge in [-0.05, 0) is 32.4 Å². The molecule has 1 amide bonds. The summed E-state index contributed by atoms with van der Waals surface area (Å²) in [5.41, 5.74) is 3.37. The molecule has 0 aliphatic carbocycles. The molecule has 130 valence electrons. The Morgan fingerprint density at radius 2 is 2.04 bits per heavy atom. The molecule has 0 atom stereocenters. The van der Waals surface area contributed by atoms with Crippen LogP contribution in [0.2, 0.25) is 5.02 Å². The van der Waals surface area contributed by atoms with Crippen molar-refractivity contribution in [2.75, 3.05) is 5.32 Å². The Bertz CT molecular complexity index is 894. The molecule has 1 N–H and O–H groups in total. The molecule has 0 fully saturated rings. The minimum atomic E-state index is -0.140. The van der Waals surface area contributed by atoms with Crippen molar-refractivity contribution >= 4 is 23.3 Å². The third-order valence-electron chi connectivity index (χ3n) is 4.08. The van der Waals surface area contributed by atoms with Gasteiger partial charge in [0.15, 0.2) is 0 Å². The Balaban J connectivity index is 1.78. The number of benzene rings is 1. The van der Waals surface area contributed by atoms with Crippen molar-refractivity contribution in [3.05, 3.63) is 63.6 Å². The minimum Gasteiger partial charge on any atom is -0.361 e. The van der Waals surface area contributed by atoms with Gasteiger partial charge in [0.25, 0.3) is 0 Å². The van der Waals surface area contributed by atoms with Crippen LogP contribution in [0.15, 0.2) is 35.0 Å². The average molecular weight is 359 g/mol. The second-order valence-corrected chi connectivity index (χ2v) is 6.36. The van der Waals surface area contributed by atoms with E-state index in [4.69, 9.17) is 16.1 Å². The van der Waals surface area contributed by atoms with E-state index in [9.17, 15) is 4.79 Å². The lowest BCUT2D eigenvalue weighted by Crippen LogP contribution is -2.19. The third kappa shape index (κ3) is 3.74. The summed E-state index contributed by atoms with van der Waals surface area (Å²) in [7, 11) is 0. The number of rotatable bonds is 5. The molecule has 0 spiro atoms. The molecule has 2 aromatic heterocycles. The summed E-state index contributed by atoms with van der Waals surface area (Å²) in [4.78, 5) is 12.5. The molecule has 0 unspecified atom stereocenters. The molecular formula is C18H19ClN4O2. The Kier molecular flexibility index (Phi) is 4.90. The number of carbonyl (C=O) groups is 1. The zero-order chi connectivity index (χ0) is 18.0. The van der Waals surface area contributed by atoms with Crippen molar-refractivity contribution in [2.24, 2.45) is 0 Å². The van der Waals surface area contributed by atoms with Crippen LogP contribution >= 0.6 is 11.6 Å². The highest BCUT2D eigenvalue weighted by Gasteiger charge is 2.16. The van der Waals surface area contributed by atoms with E-state index >= 15 is 0 Å². The highest BCUT2D eigenvalue weighted by atomic mass is 35.5. The van der Waals surface area contributed by atoms with E-state index in [1.165, 1.54) is 0 Å². The van der Waals surface area contributed by atoms with Gasteiger partial charge >= 0.3 is 0 Å². The quantitative estimate of drug-likeness (QED) is 0.755. The molecule has 3 rings (SSSR count). The number of hydrogen-bond acceptors (Lipinski definition) is 4. The number of nitrogens with zero attached hydrogens (tertiary/aromatic N) is 3. The standard InChI is InChI=1S/C18H19ClN4O2/c1-11-9-20-23(10-14-6-4-5-7-16(14)19)18(11)21-17(24)8-15-12(2)22-25-13(15)3/h4-7,9H,8,10H2,1-3H3,(H,21,24). The summed E-state index contributed by atoms with van der Waals surface area (Å²) in [6, 6.07) is 7.58. The SMILES string of the molecule is Cc1cnn(Cc2ccccc2Cl)c1NC(=O)Cc1c(C)noc1C. The van der Waals surface area contributed by atoms with Gasteiger partial charge in [-0.15, -0.1) is 0 Å². The maximum Gasteiger partial charge on any atom is 0.230 e. The zero-order valence-electron chi connectivity index (χ0n) is 14.3. The number of amides is 1. The molecule has 1 aromatic carbocycles. The molecule has 0 saturated carbocycles. The van der Waals surface area contributed by atoms with Gasteiger partial charge in [-0.25, -0.2) is 4.68 Å². The van der Waals surface area contributed by atoms with Crippen LogP contribution in [-0.2, 0) is 17.8 Å². The first-order valence-corrected chi connectivity index (χ1v) is 8.31. The van der Waals surface area contributed by atoms with E-state index in [0.717, 1.165) is 22.4 Å². The molecule has 6 nitrogen and oxygen atoms in total. The smallest absolute Gasteiger partial charge is 0.230 e. The van der Waals surface area contributed by atoms with Crippen molar-refractivity contribution in [3.8, 4) is 0 Å². The van der Waals surface area contributed by atoms with E-state index < -0.39 is 0 Å². The first-order valence-electron chi connectivity index (χ1n) is 7.93. The predicted molar refractivity (Wildman–Crippen MR) is 95.8 cm³/mol. The van der Waals surface area contributed by atoms with Crippen molar-refractivity contribution in [3.63, 3.8) is 0 Å². The molecule has 2 heterocycles. The number of halogens is 1. The van der Waals surface area contributed by atoms with E-state index in [2.05, 4.69) is 15.6 Å². The Morgan fingerprint density at radius 3 is 2.72 bits per heavy atom. The fourth-order valence-corrected chi connectivity index (χ4v) is 2.84. The summed E-state index contributed by atoms with van der Waals surface area (Å²) >= 11 is 6.22. The van der Waals surface area contributed by atoms with Crippen molar-refractivity contribution < 1.29 is 9.32 Å². The molecule has 0 radical (unpaired) electrons. The summed E-state index contributed by atoms with van der Waals surface area (Å²) in [6.07, 6.45) is 1.93. The fraction of sp³-hybridized carbons (Fsp3) is 0.278. The Hall–Kier alpha value is -2.60. The van der Waals surface area contributed by atoms with Gasteiger partial charge in [-0.3, -0.25) is 4.79 Å². The molecule has 7 heteroatoms. The monoisotopic (exact) mass is 358 g/mol. The van der Waals surface area contributed by atoms with Crippen LogP contribution in [-0.4, -0.2) is 20.8 Å². The summed E-state index contributed by atoms with van der Waals surface area (Å²) in [5, 5.41) is 11.8. The average Bonchev–Trinajstić information content (AvgIpc) is 3.07. The van der Waals surface area contributed by atoms with Gasteiger partial charge in [0.05, 0.1) is 24.9 Å². The molecule has 0 aliphatic heterocycles. The van der Waals surface area contributed by atoms with Gasteiger partial charge in [0.2, 0.25) is 5.91 Å². The molecule has 0 bridgehead atoms.